The standard InChI is InChI=1S/C33H23ClN2O5/c34-19-11-13-20(14-12-19)35-26(37)17-41-33(40)18-9-15-21(16-10-18)36-31(38)29-27-22-5-1-2-6-23(22)28(30(29)32(36)39)25-8-4-3-7-24(25)27/h1-16,27-30H,17H2,(H,35,37)/t27?,28?,29-,30-/m0/s1. The quantitative estimate of drug-likeness (QED) is 0.255. The average Bonchev–Trinajstić information content (AvgIpc) is 3.27. The van der Waals surface area contributed by atoms with Crippen molar-refractivity contribution in [3.05, 3.63) is 130 Å². The highest BCUT2D eigenvalue weighted by atomic mass is 35.5. The summed E-state index contributed by atoms with van der Waals surface area (Å²) in [6, 6.07) is 28.9. The Bertz CT molecular complexity index is 1620. The Morgan fingerprint density at radius 2 is 1.20 bits per heavy atom. The molecule has 3 aliphatic carbocycles. The molecule has 4 aromatic rings. The molecule has 2 atom stereocenters. The summed E-state index contributed by atoms with van der Waals surface area (Å²) >= 11 is 5.85. The molecule has 7 nitrogen and oxygen atoms in total. The molecule has 1 heterocycles. The smallest absolute Gasteiger partial charge is 0.338 e. The van der Waals surface area contributed by atoms with Crippen molar-refractivity contribution >= 4 is 46.7 Å². The van der Waals surface area contributed by atoms with Crippen molar-refractivity contribution < 1.29 is 23.9 Å². The van der Waals surface area contributed by atoms with E-state index in [4.69, 9.17) is 16.3 Å². The predicted molar refractivity (Wildman–Crippen MR) is 153 cm³/mol. The number of ether oxygens (including phenoxy) is 1. The van der Waals surface area contributed by atoms with Crippen LogP contribution in [0.3, 0.4) is 0 Å². The van der Waals surface area contributed by atoms with Crippen molar-refractivity contribution in [1.29, 1.82) is 0 Å². The van der Waals surface area contributed by atoms with Crippen LogP contribution in [0.5, 0.6) is 0 Å². The van der Waals surface area contributed by atoms with Crippen LogP contribution in [0.15, 0.2) is 97.1 Å². The van der Waals surface area contributed by atoms with Gasteiger partial charge in [0.05, 0.1) is 23.1 Å². The molecular weight excluding hydrogens is 540 g/mol. The molecule has 1 N–H and O–H groups in total. The third-order valence-electron chi connectivity index (χ3n) is 8.27. The Morgan fingerprint density at radius 3 is 1.68 bits per heavy atom. The molecule has 4 aromatic carbocycles. The van der Waals surface area contributed by atoms with E-state index >= 15 is 0 Å². The first-order chi connectivity index (χ1) is 19.9. The lowest BCUT2D eigenvalue weighted by Gasteiger charge is -2.45. The molecule has 8 rings (SSSR count). The molecular formula is C33H23ClN2O5. The SMILES string of the molecule is O=C(COC(=O)c1ccc(N2C(=O)[C@H]3C4c5ccccc5C(c5ccccc54)[C@@H]3C2=O)cc1)Nc1ccc(Cl)cc1. The third kappa shape index (κ3) is 4.04. The summed E-state index contributed by atoms with van der Waals surface area (Å²) in [6.07, 6.45) is 0. The fourth-order valence-electron chi connectivity index (χ4n) is 6.62. The Balaban J connectivity index is 1.09. The second-order valence-corrected chi connectivity index (χ2v) is 10.9. The van der Waals surface area contributed by atoms with Gasteiger partial charge in [-0.2, -0.15) is 0 Å². The molecule has 0 saturated carbocycles. The molecule has 202 valence electrons. The zero-order valence-corrected chi connectivity index (χ0v) is 22.4. The van der Waals surface area contributed by atoms with Crippen LogP contribution < -0.4 is 10.2 Å². The van der Waals surface area contributed by atoms with E-state index in [1.807, 2.05) is 24.3 Å². The molecule has 0 unspecified atom stereocenters. The zero-order valence-electron chi connectivity index (χ0n) is 21.6. The van der Waals surface area contributed by atoms with Gasteiger partial charge in [0, 0.05) is 22.5 Å². The maximum Gasteiger partial charge on any atom is 0.338 e. The fourth-order valence-corrected chi connectivity index (χ4v) is 6.75. The Morgan fingerprint density at radius 1 is 0.707 bits per heavy atom. The molecule has 1 saturated heterocycles. The number of nitrogens with one attached hydrogen (secondary N) is 1. The van der Waals surface area contributed by atoms with Crippen LogP contribution in [0.2, 0.25) is 5.02 Å². The van der Waals surface area contributed by atoms with E-state index in [9.17, 15) is 19.2 Å². The molecule has 8 heteroatoms. The zero-order chi connectivity index (χ0) is 28.2. The van der Waals surface area contributed by atoms with E-state index in [-0.39, 0.29) is 29.2 Å². The minimum Gasteiger partial charge on any atom is -0.452 e. The number of rotatable bonds is 5. The summed E-state index contributed by atoms with van der Waals surface area (Å²) in [5, 5.41) is 3.16. The van der Waals surface area contributed by atoms with Crippen LogP contribution in [0, 0.1) is 11.8 Å². The number of hydrogen-bond acceptors (Lipinski definition) is 5. The van der Waals surface area contributed by atoms with Crippen molar-refractivity contribution in [3.63, 3.8) is 0 Å². The second-order valence-electron chi connectivity index (χ2n) is 10.5. The van der Waals surface area contributed by atoms with Gasteiger partial charge in [0.15, 0.2) is 6.61 Å². The molecule has 0 aromatic heterocycles. The van der Waals surface area contributed by atoms with Gasteiger partial charge in [-0.05, 0) is 70.8 Å². The summed E-state index contributed by atoms with van der Waals surface area (Å²) in [4.78, 5) is 53.8. The Labute approximate surface area is 240 Å². The van der Waals surface area contributed by atoms with Gasteiger partial charge in [-0.25, -0.2) is 9.69 Å². The first-order valence-corrected chi connectivity index (χ1v) is 13.7. The average molecular weight is 563 g/mol. The van der Waals surface area contributed by atoms with E-state index < -0.39 is 30.3 Å². The van der Waals surface area contributed by atoms with Crippen LogP contribution in [-0.4, -0.2) is 30.3 Å². The van der Waals surface area contributed by atoms with Crippen molar-refractivity contribution in [2.45, 2.75) is 11.8 Å². The van der Waals surface area contributed by atoms with Crippen molar-refractivity contribution in [2.24, 2.45) is 11.8 Å². The number of carbonyl (C=O) groups is 4. The van der Waals surface area contributed by atoms with Gasteiger partial charge >= 0.3 is 5.97 Å². The first-order valence-electron chi connectivity index (χ1n) is 13.3. The summed E-state index contributed by atoms with van der Waals surface area (Å²) in [5.41, 5.74) is 5.57. The predicted octanol–water partition coefficient (Wildman–Crippen LogP) is 5.53. The van der Waals surface area contributed by atoms with Gasteiger partial charge in [0.25, 0.3) is 5.91 Å². The second kappa shape index (κ2) is 9.71. The summed E-state index contributed by atoms with van der Waals surface area (Å²) in [5.74, 6) is -2.99. The Hall–Kier alpha value is -4.75. The van der Waals surface area contributed by atoms with Crippen molar-refractivity contribution in [2.75, 3.05) is 16.8 Å². The summed E-state index contributed by atoms with van der Waals surface area (Å²) in [7, 11) is 0. The molecule has 4 aliphatic rings. The Kier molecular flexibility index (Phi) is 5.98. The number of anilines is 2. The lowest BCUT2D eigenvalue weighted by molar-refractivity contribution is -0.122. The number of imide groups is 1. The minimum absolute atomic E-state index is 0.188. The van der Waals surface area contributed by atoms with Gasteiger partial charge < -0.3 is 10.1 Å². The monoisotopic (exact) mass is 562 g/mol. The first kappa shape index (κ1) is 25.2. The van der Waals surface area contributed by atoms with E-state index in [0.717, 1.165) is 22.3 Å². The van der Waals surface area contributed by atoms with E-state index in [1.165, 1.54) is 17.0 Å². The van der Waals surface area contributed by atoms with Crippen LogP contribution >= 0.6 is 11.6 Å². The maximum absolute atomic E-state index is 13.9. The molecule has 0 spiro atoms. The topological polar surface area (TPSA) is 92.8 Å². The van der Waals surface area contributed by atoms with Crippen LogP contribution in [0.1, 0.15) is 44.4 Å². The fraction of sp³-hybridized carbons (Fsp3) is 0.152. The molecule has 0 radical (unpaired) electrons. The van der Waals surface area contributed by atoms with Crippen molar-refractivity contribution in [3.8, 4) is 0 Å². The number of halogens is 1. The summed E-state index contributed by atoms with van der Waals surface area (Å²) < 4.78 is 5.15. The highest BCUT2D eigenvalue weighted by molar-refractivity contribution is 6.30. The highest BCUT2D eigenvalue weighted by Gasteiger charge is 2.61. The summed E-state index contributed by atoms with van der Waals surface area (Å²) in [6.45, 7) is -0.473. The number of benzene rings is 4. The van der Waals surface area contributed by atoms with E-state index in [1.54, 1.807) is 36.4 Å². The highest BCUT2D eigenvalue weighted by Crippen LogP contribution is 2.61. The van der Waals surface area contributed by atoms with Crippen LogP contribution in [0.25, 0.3) is 0 Å². The largest absolute Gasteiger partial charge is 0.452 e. The van der Waals surface area contributed by atoms with E-state index in [0.29, 0.717) is 16.4 Å². The normalized spacial score (nSPS) is 21.6. The molecule has 1 fully saturated rings. The molecule has 3 amide bonds. The lowest BCUT2D eigenvalue weighted by atomic mass is 9.55. The number of nitrogens with zero attached hydrogens (tertiary/aromatic N) is 1. The number of hydrogen-bond donors (Lipinski definition) is 1. The van der Waals surface area contributed by atoms with Gasteiger partial charge in [-0.1, -0.05) is 60.1 Å². The lowest BCUT2D eigenvalue weighted by Crippen LogP contribution is -2.41. The van der Waals surface area contributed by atoms with Gasteiger partial charge in [0.1, 0.15) is 0 Å². The van der Waals surface area contributed by atoms with Gasteiger partial charge in [-0.3, -0.25) is 14.4 Å². The third-order valence-corrected chi connectivity index (χ3v) is 8.52. The van der Waals surface area contributed by atoms with Crippen LogP contribution in [0.4, 0.5) is 11.4 Å². The van der Waals surface area contributed by atoms with Crippen LogP contribution in [-0.2, 0) is 19.1 Å². The molecule has 1 aliphatic heterocycles. The maximum atomic E-state index is 13.9. The minimum atomic E-state index is -0.695. The van der Waals surface area contributed by atoms with Gasteiger partial charge in [0.2, 0.25) is 11.8 Å². The van der Waals surface area contributed by atoms with Crippen molar-refractivity contribution in [1.82, 2.24) is 0 Å². The molecule has 41 heavy (non-hydrogen) atoms. The van der Waals surface area contributed by atoms with E-state index in [2.05, 4.69) is 29.6 Å². The number of esters is 1. The number of carbonyl (C=O) groups excluding carboxylic acids is 4. The van der Waals surface area contributed by atoms with Gasteiger partial charge in [-0.15, -0.1) is 0 Å². The number of amides is 3. The molecule has 2 bridgehead atoms.